The lowest BCUT2D eigenvalue weighted by Crippen LogP contribution is -2.06. The lowest BCUT2D eigenvalue weighted by molar-refractivity contribution is -0.0328. The summed E-state index contributed by atoms with van der Waals surface area (Å²) in [7, 11) is 0. The summed E-state index contributed by atoms with van der Waals surface area (Å²) in [6, 6.07) is 9.57. The Bertz CT molecular complexity index is 475. The van der Waals surface area contributed by atoms with E-state index in [0.717, 1.165) is 10.9 Å². The van der Waals surface area contributed by atoms with Gasteiger partial charge < -0.3 is 4.57 Å². The molecule has 0 radical (unpaired) electrons. The predicted octanol–water partition coefficient (Wildman–Crippen LogP) is 3.89. The standard InChI is InChI=1S/C11H10F3NS/c12-11(13,14)16-8-7-15-6-5-9-3-1-2-4-10(9)15/h1-6H,7-8H2. The number of rotatable bonds is 3. The molecule has 0 saturated carbocycles. The topological polar surface area (TPSA) is 4.93 Å². The summed E-state index contributed by atoms with van der Waals surface area (Å²) in [5.74, 6) is 0.0438. The second kappa shape index (κ2) is 4.41. The number of nitrogens with zero attached hydrogens (tertiary/aromatic N) is 1. The Morgan fingerprint density at radius 3 is 2.62 bits per heavy atom. The molecule has 2 rings (SSSR count). The van der Waals surface area contributed by atoms with Gasteiger partial charge in [0.25, 0.3) is 0 Å². The SMILES string of the molecule is FC(F)(F)SCCn1ccc2ccccc21. The third kappa shape index (κ3) is 2.72. The van der Waals surface area contributed by atoms with Crippen LogP contribution in [0.4, 0.5) is 13.2 Å². The molecule has 0 spiro atoms. The first kappa shape index (κ1) is 11.4. The van der Waals surface area contributed by atoms with E-state index in [4.69, 9.17) is 0 Å². The number of hydrogen-bond donors (Lipinski definition) is 0. The van der Waals surface area contributed by atoms with Crippen LogP contribution in [-0.2, 0) is 6.54 Å². The van der Waals surface area contributed by atoms with Gasteiger partial charge in [-0.3, -0.25) is 0 Å². The van der Waals surface area contributed by atoms with E-state index in [1.807, 2.05) is 41.1 Å². The van der Waals surface area contributed by atoms with Crippen LogP contribution in [0, 0.1) is 0 Å². The molecule has 0 fully saturated rings. The molecule has 0 N–H and O–H groups in total. The number of para-hydroxylation sites is 1. The Hall–Kier alpha value is -1.10. The summed E-state index contributed by atoms with van der Waals surface area (Å²) >= 11 is 0.0195. The van der Waals surface area contributed by atoms with E-state index >= 15 is 0 Å². The molecule has 1 nitrogen and oxygen atoms in total. The third-order valence-electron chi connectivity index (χ3n) is 2.28. The highest BCUT2D eigenvalue weighted by molar-refractivity contribution is 8.00. The molecule has 0 unspecified atom stereocenters. The van der Waals surface area contributed by atoms with Crippen LogP contribution in [0.5, 0.6) is 0 Å². The van der Waals surface area contributed by atoms with Gasteiger partial charge in [-0.05, 0) is 29.3 Å². The van der Waals surface area contributed by atoms with Gasteiger partial charge in [0.1, 0.15) is 0 Å². The largest absolute Gasteiger partial charge is 0.441 e. The smallest absolute Gasteiger partial charge is 0.347 e. The minimum Gasteiger partial charge on any atom is -0.347 e. The van der Waals surface area contributed by atoms with Crippen molar-refractivity contribution < 1.29 is 13.2 Å². The maximum atomic E-state index is 12.0. The zero-order chi connectivity index (χ0) is 11.6. The molecule has 1 aromatic carbocycles. The lowest BCUT2D eigenvalue weighted by Gasteiger charge is -2.07. The van der Waals surface area contributed by atoms with Crippen molar-refractivity contribution in [1.29, 1.82) is 0 Å². The quantitative estimate of drug-likeness (QED) is 0.794. The van der Waals surface area contributed by atoms with Gasteiger partial charge in [-0.2, -0.15) is 13.2 Å². The number of benzene rings is 1. The van der Waals surface area contributed by atoms with Crippen molar-refractivity contribution in [2.24, 2.45) is 0 Å². The summed E-state index contributed by atoms with van der Waals surface area (Å²) in [4.78, 5) is 0. The third-order valence-corrected chi connectivity index (χ3v) is 2.99. The van der Waals surface area contributed by atoms with Crippen molar-refractivity contribution in [2.75, 3.05) is 5.75 Å². The lowest BCUT2D eigenvalue weighted by atomic mass is 10.2. The zero-order valence-corrected chi connectivity index (χ0v) is 9.18. The van der Waals surface area contributed by atoms with E-state index in [0.29, 0.717) is 6.54 Å². The molecule has 1 heterocycles. The zero-order valence-electron chi connectivity index (χ0n) is 8.37. The molecule has 1 aromatic heterocycles. The fraction of sp³-hybridized carbons (Fsp3) is 0.273. The molecule has 0 amide bonds. The number of hydrogen-bond acceptors (Lipinski definition) is 1. The van der Waals surface area contributed by atoms with Crippen LogP contribution in [-0.4, -0.2) is 15.8 Å². The number of aryl methyl sites for hydroxylation is 1. The van der Waals surface area contributed by atoms with Crippen molar-refractivity contribution in [3.05, 3.63) is 36.5 Å². The number of alkyl halides is 3. The molecule has 0 aliphatic carbocycles. The summed E-state index contributed by atoms with van der Waals surface area (Å²) < 4.78 is 37.7. The molecule has 0 atom stereocenters. The summed E-state index contributed by atoms with van der Waals surface area (Å²) in [5.41, 5.74) is -3.16. The number of thioether (sulfide) groups is 1. The van der Waals surface area contributed by atoms with E-state index in [2.05, 4.69) is 0 Å². The van der Waals surface area contributed by atoms with Crippen molar-refractivity contribution in [3.8, 4) is 0 Å². The number of halogens is 3. The highest BCUT2D eigenvalue weighted by Crippen LogP contribution is 2.30. The second-order valence-corrected chi connectivity index (χ2v) is 4.52. The first-order valence-electron chi connectivity index (χ1n) is 4.81. The Labute approximate surface area is 95.2 Å². The summed E-state index contributed by atoms with van der Waals surface area (Å²) in [6.07, 6.45) is 1.82. The average Bonchev–Trinajstić information content (AvgIpc) is 2.60. The Morgan fingerprint density at radius 1 is 1.12 bits per heavy atom. The molecule has 0 bridgehead atoms. The molecule has 0 aliphatic rings. The normalized spacial score (nSPS) is 12.2. The molecule has 5 heteroatoms. The minimum atomic E-state index is -4.14. The van der Waals surface area contributed by atoms with Gasteiger partial charge in [0, 0.05) is 24.0 Å². The maximum absolute atomic E-state index is 12.0. The Morgan fingerprint density at radius 2 is 1.88 bits per heavy atom. The maximum Gasteiger partial charge on any atom is 0.441 e. The Balaban J connectivity index is 2.05. The monoisotopic (exact) mass is 245 g/mol. The fourth-order valence-corrected chi connectivity index (χ4v) is 2.11. The average molecular weight is 245 g/mol. The van der Waals surface area contributed by atoms with Gasteiger partial charge in [0.2, 0.25) is 0 Å². The molecular weight excluding hydrogens is 235 g/mol. The van der Waals surface area contributed by atoms with E-state index in [-0.39, 0.29) is 17.5 Å². The van der Waals surface area contributed by atoms with Gasteiger partial charge in [-0.1, -0.05) is 18.2 Å². The van der Waals surface area contributed by atoms with Crippen LogP contribution in [0.25, 0.3) is 10.9 Å². The van der Waals surface area contributed by atoms with Crippen LogP contribution in [0.2, 0.25) is 0 Å². The molecule has 16 heavy (non-hydrogen) atoms. The first-order valence-corrected chi connectivity index (χ1v) is 5.79. The van der Waals surface area contributed by atoms with Gasteiger partial charge in [-0.15, -0.1) is 0 Å². The molecule has 86 valence electrons. The molecular formula is C11H10F3NS. The van der Waals surface area contributed by atoms with Gasteiger partial charge in [0.05, 0.1) is 0 Å². The van der Waals surface area contributed by atoms with E-state index < -0.39 is 5.51 Å². The second-order valence-electron chi connectivity index (χ2n) is 3.36. The van der Waals surface area contributed by atoms with Crippen LogP contribution in [0.3, 0.4) is 0 Å². The predicted molar refractivity (Wildman–Crippen MR) is 60.5 cm³/mol. The van der Waals surface area contributed by atoms with Crippen molar-refractivity contribution in [2.45, 2.75) is 12.1 Å². The fourth-order valence-electron chi connectivity index (χ4n) is 1.60. The van der Waals surface area contributed by atoms with Crippen LogP contribution in [0.15, 0.2) is 36.5 Å². The highest BCUT2D eigenvalue weighted by Gasteiger charge is 2.27. The Kier molecular flexibility index (Phi) is 3.14. The van der Waals surface area contributed by atoms with Crippen molar-refractivity contribution in [3.63, 3.8) is 0 Å². The minimum absolute atomic E-state index is 0.0195. The van der Waals surface area contributed by atoms with Gasteiger partial charge >= 0.3 is 5.51 Å². The van der Waals surface area contributed by atoms with Crippen molar-refractivity contribution in [1.82, 2.24) is 4.57 Å². The first-order chi connectivity index (χ1) is 7.56. The van der Waals surface area contributed by atoms with Crippen LogP contribution in [0.1, 0.15) is 0 Å². The molecule has 0 aliphatic heterocycles. The molecule has 0 saturated heterocycles. The number of aromatic nitrogens is 1. The van der Waals surface area contributed by atoms with Gasteiger partial charge in [0.15, 0.2) is 0 Å². The van der Waals surface area contributed by atoms with E-state index in [1.165, 1.54) is 0 Å². The molecule has 2 aromatic rings. The van der Waals surface area contributed by atoms with Gasteiger partial charge in [-0.25, -0.2) is 0 Å². The highest BCUT2D eigenvalue weighted by atomic mass is 32.2. The van der Waals surface area contributed by atoms with E-state index in [9.17, 15) is 13.2 Å². The van der Waals surface area contributed by atoms with Crippen LogP contribution < -0.4 is 0 Å². The van der Waals surface area contributed by atoms with Crippen molar-refractivity contribution >= 4 is 22.7 Å². The van der Waals surface area contributed by atoms with Crippen LogP contribution >= 0.6 is 11.8 Å². The summed E-state index contributed by atoms with van der Waals surface area (Å²) in [5, 5.41) is 1.06. The number of fused-ring (bicyclic) bond motifs is 1. The summed E-state index contributed by atoms with van der Waals surface area (Å²) in [6.45, 7) is 0.373. The van der Waals surface area contributed by atoms with E-state index in [1.54, 1.807) is 0 Å².